The Morgan fingerprint density at radius 3 is 2.75 bits per heavy atom. The zero-order chi connectivity index (χ0) is 15.1. The minimum atomic E-state index is -0.539. The summed E-state index contributed by atoms with van der Waals surface area (Å²) in [6.07, 6.45) is 2.56. The summed E-state index contributed by atoms with van der Waals surface area (Å²) in [5.74, 6) is -0.308. The van der Waals surface area contributed by atoms with E-state index in [4.69, 9.17) is 10.5 Å². The molecule has 0 fully saturated rings. The first-order chi connectivity index (χ1) is 9.43. The molecule has 0 unspecified atom stereocenters. The highest BCUT2D eigenvalue weighted by Gasteiger charge is 2.15. The number of hydrogen-bond acceptors (Lipinski definition) is 4. The van der Waals surface area contributed by atoms with E-state index < -0.39 is 5.97 Å². The molecule has 6 nitrogen and oxygen atoms in total. The Bertz CT molecular complexity index is 466. The van der Waals surface area contributed by atoms with Crippen molar-refractivity contribution in [2.75, 3.05) is 18.9 Å². The van der Waals surface area contributed by atoms with E-state index in [0.717, 1.165) is 6.42 Å². The Kier molecular flexibility index (Phi) is 6.09. The van der Waals surface area contributed by atoms with Crippen molar-refractivity contribution in [1.29, 1.82) is 0 Å². The van der Waals surface area contributed by atoms with Crippen molar-refractivity contribution in [2.45, 2.75) is 33.7 Å². The second kappa shape index (κ2) is 7.57. The van der Waals surface area contributed by atoms with Crippen LogP contribution in [0.4, 0.5) is 5.69 Å². The Balaban J connectivity index is 2.41. The van der Waals surface area contributed by atoms with Gasteiger partial charge in [-0.3, -0.25) is 4.79 Å². The third kappa shape index (κ3) is 4.95. The second-order valence-electron chi connectivity index (χ2n) is 5.05. The van der Waals surface area contributed by atoms with Crippen LogP contribution in [0.3, 0.4) is 0 Å². The molecule has 6 heteroatoms. The fourth-order valence-electron chi connectivity index (χ4n) is 1.72. The van der Waals surface area contributed by atoms with Gasteiger partial charge in [0.05, 0.1) is 5.69 Å². The van der Waals surface area contributed by atoms with Crippen LogP contribution in [0.25, 0.3) is 0 Å². The number of nitrogen functional groups attached to an aromatic ring is 1. The monoisotopic (exact) mass is 281 g/mol. The van der Waals surface area contributed by atoms with Gasteiger partial charge in [0.15, 0.2) is 6.61 Å². The zero-order valence-corrected chi connectivity index (χ0v) is 12.3. The lowest BCUT2D eigenvalue weighted by atomic mass is 10.1. The van der Waals surface area contributed by atoms with Crippen molar-refractivity contribution < 1.29 is 14.3 Å². The predicted octanol–water partition coefficient (Wildman–Crippen LogP) is 1.41. The fraction of sp³-hybridized carbons (Fsp3) is 0.571. The largest absolute Gasteiger partial charge is 0.451 e. The third-order valence-electron chi connectivity index (χ3n) is 2.85. The van der Waals surface area contributed by atoms with Crippen molar-refractivity contribution in [3.05, 3.63) is 18.0 Å². The van der Waals surface area contributed by atoms with Crippen LogP contribution < -0.4 is 11.1 Å². The van der Waals surface area contributed by atoms with Crippen molar-refractivity contribution in [3.8, 4) is 0 Å². The SMILES string of the molecule is CCn1cc(N)cc1C(=O)OCC(=O)NCCC(C)C. The van der Waals surface area contributed by atoms with Gasteiger partial charge in [-0.15, -0.1) is 0 Å². The highest BCUT2D eigenvalue weighted by atomic mass is 16.5. The summed E-state index contributed by atoms with van der Waals surface area (Å²) >= 11 is 0. The molecule has 1 rings (SSSR count). The molecule has 0 saturated heterocycles. The molecule has 0 radical (unpaired) electrons. The van der Waals surface area contributed by atoms with E-state index in [1.807, 2.05) is 6.92 Å². The molecule has 0 aliphatic rings. The molecular formula is C14H23N3O3. The Hall–Kier alpha value is -1.98. The first-order valence-electron chi connectivity index (χ1n) is 6.83. The number of aromatic nitrogens is 1. The van der Waals surface area contributed by atoms with Crippen LogP contribution >= 0.6 is 0 Å². The van der Waals surface area contributed by atoms with E-state index in [1.54, 1.807) is 16.8 Å². The number of nitrogens with two attached hydrogens (primary N) is 1. The molecule has 1 aromatic rings. The minimum Gasteiger partial charge on any atom is -0.451 e. The summed E-state index contributed by atoms with van der Waals surface area (Å²) in [6.45, 7) is 6.99. The number of rotatable bonds is 7. The smallest absolute Gasteiger partial charge is 0.355 e. The molecule has 0 aliphatic carbocycles. The van der Waals surface area contributed by atoms with E-state index >= 15 is 0 Å². The highest BCUT2D eigenvalue weighted by molar-refractivity contribution is 5.91. The maximum atomic E-state index is 11.8. The van der Waals surface area contributed by atoms with Crippen molar-refractivity contribution in [2.24, 2.45) is 5.92 Å². The molecule has 1 amide bonds. The Labute approximate surface area is 119 Å². The molecule has 3 N–H and O–H groups in total. The summed E-state index contributed by atoms with van der Waals surface area (Å²) < 4.78 is 6.66. The van der Waals surface area contributed by atoms with E-state index in [-0.39, 0.29) is 12.5 Å². The molecule has 0 aliphatic heterocycles. The highest BCUT2D eigenvalue weighted by Crippen LogP contribution is 2.11. The average Bonchev–Trinajstić information content (AvgIpc) is 2.76. The van der Waals surface area contributed by atoms with E-state index in [0.29, 0.717) is 30.4 Å². The topological polar surface area (TPSA) is 86.3 Å². The molecular weight excluding hydrogens is 258 g/mol. The number of aryl methyl sites for hydroxylation is 1. The summed E-state index contributed by atoms with van der Waals surface area (Å²) in [5.41, 5.74) is 6.50. The minimum absolute atomic E-state index is 0.272. The number of carbonyl (C=O) groups excluding carboxylic acids is 2. The van der Waals surface area contributed by atoms with Crippen LogP contribution in [0.5, 0.6) is 0 Å². The first-order valence-corrected chi connectivity index (χ1v) is 6.83. The lowest BCUT2D eigenvalue weighted by Crippen LogP contribution is -2.30. The molecule has 0 atom stereocenters. The number of carbonyl (C=O) groups is 2. The van der Waals surface area contributed by atoms with Gasteiger partial charge in [-0.05, 0) is 25.3 Å². The third-order valence-corrected chi connectivity index (χ3v) is 2.85. The summed E-state index contributed by atoms with van der Waals surface area (Å²) in [6, 6.07) is 1.54. The number of anilines is 1. The molecule has 0 saturated carbocycles. The maximum absolute atomic E-state index is 11.8. The lowest BCUT2D eigenvalue weighted by Gasteiger charge is -2.09. The van der Waals surface area contributed by atoms with Crippen molar-refractivity contribution >= 4 is 17.6 Å². The normalized spacial score (nSPS) is 10.6. The standard InChI is InChI=1S/C14H23N3O3/c1-4-17-8-11(15)7-12(17)14(19)20-9-13(18)16-6-5-10(2)3/h7-8,10H,4-6,9,15H2,1-3H3,(H,16,18). The van der Waals surface area contributed by atoms with Crippen LogP contribution in [0, 0.1) is 5.92 Å². The van der Waals surface area contributed by atoms with Crippen LogP contribution in [0.1, 0.15) is 37.7 Å². The molecule has 112 valence electrons. The van der Waals surface area contributed by atoms with Gasteiger partial charge in [0.1, 0.15) is 5.69 Å². The lowest BCUT2D eigenvalue weighted by molar-refractivity contribution is -0.124. The first kappa shape index (κ1) is 16.1. The number of hydrogen-bond donors (Lipinski definition) is 2. The molecule has 1 heterocycles. The number of nitrogens with one attached hydrogen (secondary N) is 1. The number of esters is 1. The predicted molar refractivity (Wildman–Crippen MR) is 77.3 cm³/mol. The van der Waals surface area contributed by atoms with Crippen molar-refractivity contribution in [1.82, 2.24) is 9.88 Å². The van der Waals surface area contributed by atoms with Crippen LogP contribution in [-0.2, 0) is 16.1 Å². The summed E-state index contributed by atoms with van der Waals surface area (Å²) in [4.78, 5) is 23.3. The summed E-state index contributed by atoms with van der Waals surface area (Å²) in [7, 11) is 0. The van der Waals surface area contributed by atoms with Gasteiger partial charge in [-0.25, -0.2) is 4.79 Å². The van der Waals surface area contributed by atoms with Gasteiger partial charge < -0.3 is 20.4 Å². The van der Waals surface area contributed by atoms with E-state index in [9.17, 15) is 9.59 Å². The second-order valence-corrected chi connectivity index (χ2v) is 5.05. The molecule has 20 heavy (non-hydrogen) atoms. The van der Waals surface area contributed by atoms with Gasteiger partial charge in [-0.2, -0.15) is 0 Å². The van der Waals surface area contributed by atoms with Crippen LogP contribution in [0.2, 0.25) is 0 Å². The number of amides is 1. The molecule has 0 bridgehead atoms. The zero-order valence-electron chi connectivity index (χ0n) is 12.3. The van der Waals surface area contributed by atoms with Gasteiger partial charge in [0.25, 0.3) is 5.91 Å². The Morgan fingerprint density at radius 2 is 2.15 bits per heavy atom. The van der Waals surface area contributed by atoms with Crippen LogP contribution in [-0.4, -0.2) is 29.6 Å². The molecule has 1 aromatic heterocycles. The van der Waals surface area contributed by atoms with Crippen LogP contribution in [0.15, 0.2) is 12.3 Å². The van der Waals surface area contributed by atoms with Gasteiger partial charge in [0, 0.05) is 19.3 Å². The van der Waals surface area contributed by atoms with E-state index in [2.05, 4.69) is 19.2 Å². The fourth-order valence-corrected chi connectivity index (χ4v) is 1.72. The van der Waals surface area contributed by atoms with Gasteiger partial charge in [-0.1, -0.05) is 13.8 Å². The van der Waals surface area contributed by atoms with E-state index in [1.165, 1.54) is 0 Å². The average molecular weight is 281 g/mol. The van der Waals surface area contributed by atoms with Gasteiger partial charge in [0.2, 0.25) is 0 Å². The Morgan fingerprint density at radius 1 is 1.45 bits per heavy atom. The number of ether oxygens (including phenoxy) is 1. The molecule has 0 aromatic carbocycles. The van der Waals surface area contributed by atoms with Crippen molar-refractivity contribution in [3.63, 3.8) is 0 Å². The molecule has 0 spiro atoms. The number of nitrogens with zero attached hydrogens (tertiary/aromatic N) is 1. The maximum Gasteiger partial charge on any atom is 0.355 e. The summed E-state index contributed by atoms with van der Waals surface area (Å²) in [5, 5.41) is 2.71. The quantitative estimate of drug-likeness (QED) is 0.740. The van der Waals surface area contributed by atoms with Gasteiger partial charge >= 0.3 is 5.97 Å².